The number of amides is 1. The number of carbonyl (C=O) groups is 1. The summed E-state index contributed by atoms with van der Waals surface area (Å²) in [5.41, 5.74) is 7.44. The molecular formula is C28H38N2O2. The van der Waals surface area contributed by atoms with Crippen LogP contribution in [0.2, 0.25) is 0 Å². The van der Waals surface area contributed by atoms with Crippen molar-refractivity contribution in [2.24, 2.45) is 0 Å². The van der Waals surface area contributed by atoms with E-state index in [1.807, 2.05) is 33.0 Å². The smallest absolute Gasteiger partial charge is 0.256 e. The maximum atomic E-state index is 13.3. The van der Waals surface area contributed by atoms with Crippen LogP contribution in [0.15, 0.2) is 94.1 Å². The minimum Gasteiger partial charge on any atom is -0.378 e. The Morgan fingerprint density at radius 3 is 2.31 bits per heavy atom. The second-order valence-electron chi connectivity index (χ2n) is 8.66. The average molecular weight is 435 g/mol. The third-order valence-electron chi connectivity index (χ3n) is 5.21. The highest BCUT2D eigenvalue weighted by molar-refractivity contribution is 5.91. The third-order valence-corrected chi connectivity index (χ3v) is 5.21. The highest BCUT2D eigenvalue weighted by atomic mass is 16.5. The topological polar surface area (TPSA) is 32.8 Å². The van der Waals surface area contributed by atoms with Gasteiger partial charge in [-0.3, -0.25) is 9.69 Å². The number of hydrogen-bond acceptors (Lipinski definition) is 3. The first-order valence-corrected chi connectivity index (χ1v) is 11.3. The number of rotatable bonds is 6. The Balaban J connectivity index is 2.35. The summed E-state index contributed by atoms with van der Waals surface area (Å²) in [6.45, 7) is 17.4. The van der Waals surface area contributed by atoms with E-state index in [0.717, 1.165) is 46.8 Å². The molecule has 1 fully saturated rings. The minimum absolute atomic E-state index is 0.0303. The van der Waals surface area contributed by atoms with Crippen LogP contribution in [-0.4, -0.2) is 42.0 Å². The van der Waals surface area contributed by atoms with Gasteiger partial charge in [0.1, 0.15) is 0 Å². The SMILES string of the molecule is C\C=C/C(/C=C/C1=CC(C)=CN(C(=O)/C=C(\C)N2CCOCC2)C1=C(C)C)=C\C=C(C)C. The van der Waals surface area contributed by atoms with Gasteiger partial charge in [-0.1, -0.05) is 47.6 Å². The highest BCUT2D eigenvalue weighted by Gasteiger charge is 2.22. The van der Waals surface area contributed by atoms with E-state index in [1.165, 1.54) is 5.57 Å². The molecule has 2 aliphatic rings. The molecule has 4 heteroatoms. The van der Waals surface area contributed by atoms with Gasteiger partial charge in [-0.2, -0.15) is 0 Å². The first-order valence-electron chi connectivity index (χ1n) is 11.3. The van der Waals surface area contributed by atoms with Crippen molar-refractivity contribution in [2.45, 2.75) is 48.5 Å². The van der Waals surface area contributed by atoms with Gasteiger partial charge in [0.15, 0.2) is 0 Å². The van der Waals surface area contributed by atoms with Crippen molar-refractivity contribution in [3.63, 3.8) is 0 Å². The Bertz CT molecular complexity index is 938. The van der Waals surface area contributed by atoms with E-state index in [1.54, 1.807) is 11.0 Å². The van der Waals surface area contributed by atoms with E-state index in [4.69, 9.17) is 4.74 Å². The van der Waals surface area contributed by atoms with E-state index in [9.17, 15) is 4.79 Å². The number of ether oxygens (including phenoxy) is 1. The summed E-state index contributed by atoms with van der Waals surface area (Å²) in [5, 5.41) is 0. The van der Waals surface area contributed by atoms with Gasteiger partial charge in [-0.15, -0.1) is 0 Å². The third kappa shape index (κ3) is 7.38. The zero-order valence-electron chi connectivity index (χ0n) is 20.7. The van der Waals surface area contributed by atoms with Gasteiger partial charge in [0, 0.05) is 31.1 Å². The summed E-state index contributed by atoms with van der Waals surface area (Å²) in [6, 6.07) is 0. The maximum Gasteiger partial charge on any atom is 0.256 e. The first-order chi connectivity index (χ1) is 15.2. The van der Waals surface area contributed by atoms with Gasteiger partial charge in [0.2, 0.25) is 0 Å². The van der Waals surface area contributed by atoms with Crippen molar-refractivity contribution in [1.29, 1.82) is 0 Å². The molecule has 0 radical (unpaired) electrons. The summed E-state index contributed by atoms with van der Waals surface area (Å²) in [5.74, 6) is -0.0303. The van der Waals surface area contributed by atoms with Crippen LogP contribution in [0.5, 0.6) is 0 Å². The largest absolute Gasteiger partial charge is 0.378 e. The predicted octanol–water partition coefficient (Wildman–Crippen LogP) is 6.21. The summed E-state index contributed by atoms with van der Waals surface area (Å²) < 4.78 is 5.43. The standard InChI is InChI=1S/C28H38N2O2/c1-8-9-25(11-10-21(2)3)12-13-26-18-23(6)20-30(28(26)22(4)5)27(31)19-24(7)29-14-16-32-17-15-29/h8-13,18-20H,14-17H2,1-7H3/b9-8-,13-12+,24-19+,25-11+. The minimum atomic E-state index is -0.0303. The fourth-order valence-corrected chi connectivity index (χ4v) is 3.65. The molecular weight excluding hydrogens is 396 g/mol. The number of nitrogens with zero attached hydrogens (tertiary/aromatic N) is 2. The lowest BCUT2D eigenvalue weighted by Gasteiger charge is -2.31. The lowest BCUT2D eigenvalue weighted by Crippen LogP contribution is -2.36. The van der Waals surface area contributed by atoms with Crippen LogP contribution in [0.25, 0.3) is 0 Å². The Kier molecular flexibility index (Phi) is 9.73. The number of morpholine rings is 1. The molecule has 0 spiro atoms. The van der Waals surface area contributed by atoms with Gasteiger partial charge >= 0.3 is 0 Å². The van der Waals surface area contributed by atoms with Crippen LogP contribution in [0.3, 0.4) is 0 Å². The van der Waals surface area contributed by atoms with Crippen molar-refractivity contribution in [3.05, 3.63) is 94.1 Å². The molecule has 0 aliphatic carbocycles. The maximum absolute atomic E-state index is 13.3. The van der Waals surface area contributed by atoms with Gasteiger partial charge in [0.05, 0.1) is 18.9 Å². The van der Waals surface area contributed by atoms with E-state index in [-0.39, 0.29) is 5.91 Å². The van der Waals surface area contributed by atoms with Crippen LogP contribution in [0.4, 0.5) is 0 Å². The van der Waals surface area contributed by atoms with E-state index >= 15 is 0 Å². The summed E-state index contributed by atoms with van der Waals surface area (Å²) in [6.07, 6.45) is 18.3. The molecule has 0 aromatic rings. The normalized spacial score (nSPS) is 18.3. The Morgan fingerprint density at radius 1 is 1.03 bits per heavy atom. The first kappa shape index (κ1) is 25.4. The second kappa shape index (κ2) is 12.3. The molecule has 0 N–H and O–H groups in total. The fraction of sp³-hybridized carbons (Fsp3) is 0.393. The lowest BCUT2D eigenvalue weighted by atomic mass is 9.99. The zero-order valence-corrected chi connectivity index (χ0v) is 20.7. The van der Waals surface area contributed by atoms with Crippen molar-refractivity contribution in [1.82, 2.24) is 9.80 Å². The summed E-state index contributed by atoms with van der Waals surface area (Å²) in [7, 11) is 0. The van der Waals surface area contributed by atoms with Gasteiger partial charge in [-0.05, 0) is 71.3 Å². The van der Waals surface area contributed by atoms with E-state index in [0.29, 0.717) is 13.2 Å². The highest BCUT2D eigenvalue weighted by Crippen LogP contribution is 2.29. The molecule has 1 saturated heterocycles. The zero-order chi connectivity index (χ0) is 23.7. The van der Waals surface area contributed by atoms with Crippen molar-refractivity contribution < 1.29 is 9.53 Å². The summed E-state index contributed by atoms with van der Waals surface area (Å²) >= 11 is 0. The molecule has 2 aliphatic heterocycles. The molecule has 0 bridgehead atoms. The molecule has 32 heavy (non-hydrogen) atoms. The monoisotopic (exact) mass is 434 g/mol. The molecule has 0 unspecified atom stereocenters. The molecule has 0 saturated carbocycles. The van der Waals surface area contributed by atoms with Gasteiger partial charge < -0.3 is 9.64 Å². The number of carbonyl (C=O) groups excluding carboxylic acids is 1. The molecule has 4 nitrogen and oxygen atoms in total. The van der Waals surface area contributed by atoms with Crippen molar-refractivity contribution >= 4 is 5.91 Å². The fourth-order valence-electron chi connectivity index (χ4n) is 3.65. The summed E-state index contributed by atoms with van der Waals surface area (Å²) in [4.78, 5) is 17.3. The second-order valence-corrected chi connectivity index (χ2v) is 8.66. The molecule has 0 aromatic heterocycles. The van der Waals surface area contributed by atoms with Crippen LogP contribution < -0.4 is 0 Å². The molecule has 172 valence electrons. The molecule has 2 heterocycles. The quantitative estimate of drug-likeness (QED) is 0.368. The molecule has 0 atom stereocenters. The van der Waals surface area contributed by atoms with Crippen LogP contribution in [0, 0.1) is 0 Å². The Labute approximate surface area is 194 Å². The predicted molar refractivity (Wildman–Crippen MR) is 135 cm³/mol. The van der Waals surface area contributed by atoms with Crippen LogP contribution in [0.1, 0.15) is 48.5 Å². The molecule has 2 rings (SSSR count). The van der Waals surface area contributed by atoms with Crippen LogP contribution in [-0.2, 0) is 9.53 Å². The average Bonchev–Trinajstić information content (AvgIpc) is 2.75. The lowest BCUT2D eigenvalue weighted by molar-refractivity contribution is -0.122. The van der Waals surface area contributed by atoms with E-state index in [2.05, 4.69) is 69.1 Å². The van der Waals surface area contributed by atoms with Crippen molar-refractivity contribution in [2.75, 3.05) is 26.3 Å². The Hall–Kier alpha value is -2.85. The van der Waals surface area contributed by atoms with E-state index < -0.39 is 0 Å². The van der Waals surface area contributed by atoms with Crippen molar-refractivity contribution in [3.8, 4) is 0 Å². The molecule has 1 amide bonds. The Morgan fingerprint density at radius 2 is 1.72 bits per heavy atom. The van der Waals surface area contributed by atoms with Gasteiger partial charge in [-0.25, -0.2) is 0 Å². The molecule has 0 aromatic carbocycles. The number of allylic oxidation sites excluding steroid dienone is 12. The van der Waals surface area contributed by atoms with Crippen LogP contribution >= 0.6 is 0 Å². The number of hydrogen-bond donors (Lipinski definition) is 0. The van der Waals surface area contributed by atoms with Gasteiger partial charge in [0.25, 0.3) is 5.91 Å².